The maximum atomic E-state index is 14.0. The van der Waals surface area contributed by atoms with Crippen molar-refractivity contribution in [2.24, 2.45) is 11.8 Å². The number of ether oxygens (including phenoxy) is 1. The van der Waals surface area contributed by atoms with Gasteiger partial charge in [0.1, 0.15) is 0 Å². The Hall–Kier alpha value is -2.45. The van der Waals surface area contributed by atoms with Crippen LogP contribution in [0.4, 0.5) is 0 Å². The second-order valence-electron chi connectivity index (χ2n) is 10.1. The number of nitrogens with zero attached hydrogens (tertiary/aromatic N) is 4. The molecule has 5 rings (SSSR count). The summed E-state index contributed by atoms with van der Waals surface area (Å²) in [7, 11) is 0. The van der Waals surface area contributed by atoms with Crippen LogP contribution in [0.1, 0.15) is 57.2 Å². The molecule has 8 heteroatoms. The van der Waals surface area contributed by atoms with Crippen molar-refractivity contribution in [1.29, 1.82) is 0 Å². The molecular formula is C26H39N5O3. The number of fused-ring (bicyclic) bond motifs is 1. The number of amides is 2. The number of nitrogens with one attached hydrogen (secondary N) is 1. The van der Waals surface area contributed by atoms with Gasteiger partial charge in [0, 0.05) is 44.8 Å². The SMILES string of the molecule is C.CC(C)CN(C(=O)c1nc2ccccc2n1C1CC1)[C@@H]1CNC[C@H](C(=O)N2CCOCC2)C1. The van der Waals surface area contributed by atoms with Crippen molar-refractivity contribution in [2.75, 3.05) is 45.9 Å². The van der Waals surface area contributed by atoms with Gasteiger partial charge in [-0.1, -0.05) is 33.4 Å². The van der Waals surface area contributed by atoms with Gasteiger partial charge in [0.15, 0.2) is 0 Å². The van der Waals surface area contributed by atoms with Crippen LogP contribution < -0.4 is 5.32 Å². The van der Waals surface area contributed by atoms with Gasteiger partial charge in [-0.3, -0.25) is 9.59 Å². The fourth-order valence-corrected chi connectivity index (χ4v) is 5.20. The van der Waals surface area contributed by atoms with Gasteiger partial charge in [-0.2, -0.15) is 0 Å². The Bertz CT molecular complexity index is 1010. The summed E-state index contributed by atoms with van der Waals surface area (Å²) in [4.78, 5) is 35.8. The molecule has 34 heavy (non-hydrogen) atoms. The first-order valence-corrected chi connectivity index (χ1v) is 12.4. The van der Waals surface area contributed by atoms with E-state index >= 15 is 0 Å². The Balaban J connectivity index is 0.00000274. The lowest BCUT2D eigenvalue weighted by Crippen LogP contribution is -2.56. The molecule has 1 N–H and O–H groups in total. The minimum Gasteiger partial charge on any atom is -0.378 e. The lowest BCUT2D eigenvalue weighted by atomic mass is 9.92. The second-order valence-corrected chi connectivity index (χ2v) is 10.1. The van der Waals surface area contributed by atoms with Crippen LogP contribution in [0.3, 0.4) is 0 Å². The number of aromatic nitrogens is 2. The highest BCUT2D eigenvalue weighted by Crippen LogP contribution is 2.39. The first kappa shape index (κ1) is 24.7. The first-order chi connectivity index (χ1) is 16.0. The number of carbonyl (C=O) groups excluding carboxylic acids is 2. The third kappa shape index (κ3) is 4.98. The van der Waals surface area contributed by atoms with Crippen LogP contribution in [0.25, 0.3) is 11.0 Å². The highest BCUT2D eigenvalue weighted by Gasteiger charge is 2.38. The second kappa shape index (κ2) is 10.4. The van der Waals surface area contributed by atoms with Gasteiger partial charge in [0.25, 0.3) is 5.91 Å². The lowest BCUT2D eigenvalue weighted by Gasteiger charge is -2.40. The number of hydrogen-bond acceptors (Lipinski definition) is 5. The number of morpholine rings is 1. The summed E-state index contributed by atoms with van der Waals surface area (Å²) in [6.45, 7) is 8.80. The molecule has 186 valence electrons. The molecule has 1 aliphatic carbocycles. The number of rotatable bonds is 6. The molecule has 3 fully saturated rings. The van der Waals surface area contributed by atoms with E-state index in [4.69, 9.17) is 9.72 Å². The highest BCUT2D eigenvalue weighted by atomic mass is 16.5. The maximum absolute atomic E-state index is 14.0. The summed E-state index contributed by atoms with van der Waals surface area (Å²) in [6, 6.07) is 8.35. The Labute approximate surface area is 202 Å². The average molecular weight is 470 g/mol. The molecule has 2 aliphatic heterocycles. The minimum absolute atomic E-state index is 0. The third-order valence-electron chi connectivity index (χ3n) is 6.96. The molecule has 0 spiro atoms. The molecular weight excluding hydrogens is 430 g/mol. The summed E-state index contributed by atoms with van der Waals surface area (Å²) in [5.74, 6) is 0.909. The molecule has 1 saturated carbocycles. The summed E-state index contributed by atoms with van der Waals surface area (Å²) in [6.07, 6.45) is 2.86. The predicted octanol–water partition coefficient (Wildman–Crippen LogP) is 2.94. The Morgan fingerprint density at radius 2 is 1.91 bits per heavy atom. The fourth-order valence-electron chi connectivity index (χ4n) is 5.20. The topological polar surface area (TPSA) is 79.7 Å². The molecule has 3 heterocycles. The first-order valence-electron chi connectivity index (χ1n) is 12.4. The molecule has 0 unspecified atom stereocenters. The molecule has 2 atom stereocenters. The highest BCUT2D eigenvalue weighted by molar-refractivity contribution is 5.95. The minimum atomic E-state index is -0.119. The summed E-state index contributed by atoms with van der Waals surface area (Å²) >= 11 is 0. The van der Waals surface area contributed by atoms with E-state index in [-0.39, 0.29) is 31.2 Å². The predicted molar refractivity (Wildman–Crippen MR) is 133 cm³/mol. The van der Waals surface area contributed by atoms with Gasteiger partial charge in [-0.05, 0) is 37.3 Å². The zero-order valence-electron chi connectivity index (χ0n) is 19.7. The van der Waals surface area contributed by atoms with Gasteiger partial charge in [-0.25, -0.2) is 4.98 Å². The molecule has 1 aromatic heterocycles. The van der Waals surface area contributed by atoms with E-state index in [9.17, 15) is 9.59 Å². The molecule has 8 nitrogen and oxygen atoms in total. The van der Waals surface area contributed by atoms with Gasteiger partial charge in [0.05, 0.1) is 30.2 Å². The van der Waals surface area contributed by atoms with Crippen molar-refractivity contribution >= 4 is 22.8 Å². The average Bonchev–Trinajstić information content (AvgIpc) is 3.61. The zero-order valence-corrected chi connectivity index (χ0v) is 19.7. The van der Waals surface area contributed by atoms with Gasteiger partial charge >= 0.3 is 0 Å². The van der Waals surface area contributed by atoms with Gasteiger partial charge in [0.2, 0.25) is 11.7 Å². The molecule has 2 aromatic rings. The van der Waals surface area contributed by atoms with Crippen molar-refractivity contribution < 1.29 is 14.3 Å². The van der Waals surface area contributed by atoms with Gasteiger partial charge in [-0.15, -0.1) is 0 Å². The molecule has 2 amide bonds. The molecule has 0 bridgehead atoms. The van der Waals surface area contributed by atoms with Crippen molar-refractivity contribution in [2.45, 2.75) is 52.6 Å². The van der Waals surface area contributed by atoms with Crippen LogP contribution in [-0.4, -0.2) is 83.1 Å². The van der Waals surface area contributed by atoms with E-state index in [0.29, 0.717) is 70.1 Å². The van der Waals surface area contributed by atoms with E-state index in [2.05, 4.69) is 29.8 Å². The third-order valence-corrected chi connectivity index (χ3v) is 6.96. The van der Waals surface area contributed by atoms with E-state index in [1.54, 1.807) is 0 Å². The van der Waals surface area contributed by atoms with Crippen molar-refractivity contribution in [3.05, 3.63) is 30.1 Å². The summed E-state index contributed by atoms with van der Waals surface area (Å²) < 4.78 is 7.56. The quantitative estimate of drug-likeness (QED) is 0.704. The number of carbonyl (C=O) groups is 2. The maximum Gasteiger partial charge on any atom is 0.290 e. The summed E-state index contributed by atoms with van der Waals surface area (Å²) in [5, 5.41) is 3.44. The fraction of sp³-hybridized carbons (Fsp3) is 0.654. The number of hydrogen-bond donors (Lipinski definition) is 1. The smallest absolute Gasteiger partial charge is 0.290 e. The Morgan fingerprint density at radius 1 is 1.18 bits per heavy atom. The monoisotopic (exact) mass is 469 g/mol. The number of piperidine rings is 1. The van der Waals surface area contributed by atoms with Crippen LogP contribution >= 0.6 is 0 Å². The molecule has 3 aliphatic rings. The Kier molecular flexibility index (Phi) is 7.57. The van der Waals surface area contributed by atoms with E-state index in [0.717, 1.165) is 23.9 Å². The van der Waals surface area contributed by atoms with E-state index in [1.807, 2.05) is 28.0 Å². The molecule has 0 radical (unpaired) electrons. The lowest BCUT2D eigenvalue weighted by molar-refractivity contribution is -0.140. The standard InChI is InChI=1S/C25H35N5O3.CH4/c1-17(2)16-29(20-13-18(14-26-15-20)24(31)28-9-11-33-12-10-28)25(32)23-27-21-5-3-4-6-22(21)30(23)19-7-8-19;/h3-6,17-20,26H,7-16H2,1-2H3;1H4/t18-,20+;/m1./s1. The normalized spacial score (nSPS) is 23.1. The number of imidazole rings is 1. The van der Waals surface area contributed by atoms with Crippen LogP contribution in [-0.2, 0) is 9.53 Å². The van der Waals surface area contributed by atoms with E-state index < -0.39 is 0 Å². The van der Waals surface area contributed by atoms with Gasteiger partial charge < -0.3 is 24.4 Å². The molecule has 1 aromatic carbocycles. The number of para-hydroxylation sites is 2. The zero-order chi connectivity index (χ0) is 22.9. The largest absolute Gasteiger partial charge is 0.378 e. The van der Waals surface area contributed by atoms with Crippen LogP contribution in [0.15, 0.2) is 24.3 Å². The van der Waals surface area contributed by atoms with Crippen LogP contribution in [0.2, 0.25) is 0 Å². The van der Waals surface area contributed by atoms with Crippen molar-refractivity contribution in [3.8, 4) is 0 Å². The van der Waals surface area contributed by atoms with Crippen LogP contribution in [0, 0.1) is 11.8 Å². The molecule has 2 saturated heterocycles. The number of benzene rings is 1. The Morgan fingerprint density at radius 3 is 2.62 bits per heavy atom. The van der Waals surface area contributed by atoms with Crippen molar-refractivity contribution in [1.82, 2.24) is 24.7 Å². The summed E-state index contributed by atoms with van der Waals surface area (Å²) in [5.41, 5.74) is 1.91. The van der Waals surface area contributed by atoms with E-state index in [1.165, 1.54) is 0 Å². The van der Waals surface area contributed by atoms with Crippen molar-refractivity contribution in [3.63, 3.8) is 0 Å². The van der Waals surface area contributed by atoms with Crippen LogP contribution in [0.5, 0.6) is 0 Å².